The molecule has 1 saturated carbocycles. The maximum atomic E-state index is 6.14. The summed E-state index contributed by atoms with van der Waals surface area (Å²) >= 11 is 0. The molecule has 2 nitrogen and oxygen atoms in total. The predicted molar refractivity (Wildman–Crippen MR) is 72.5 cm³/mol. The fourth-order valence-corrected chi connectivity index (χ4v) is 2.81. The molecule has 0 heterocycles. The minimum absolute atomic E-state index is 0.151. The lowest BCUT2D eigenvalue weighted by atomic mass is 9.93. The van der Waals surface area contributed by atoms with Crippen molar-refractivity contribution >= 4 is 0 Å². The molecule has 2 rings (SSSR count). The van der Waals surface area contributed by atoms with Gasteiger partial charge in [0.2, 0.25) is 0 Å². The topological polar surface area (TPSA) is 29.3 Å². The second-order valence-electron chi connectivity index (χ2n) is 5.19. The summed E-state index contributed by atoms with van der Waals surface area (Å²) in [5.74, 6) is 0. The molecule has 17 heavy (non-hydrogen) atoms. The maximum Gasteiger partial charge on any atom is 0.0548 e. The molecular weight excluding hydrogens is 208 g/mol. The Morgan fingerprint density at radius 3 is 2.41 bits per heavy atom. The quantitative estimate of drug-likeness (QED) is 0.808. The van der Waals surface area contributed by atoms with Crippen LogP contribution in [0, 0.1) is 0 Å². The molecule has 0 radical (unpaired) electrons. The van der Waals surface area contributed by atoms with Crippen molar-refractivity contribution in [1.82, 2.24) is 4.90 Å². The van der Waals surface area contributed by atoms with Crippen LogP contribution in [0.4, 0.5) is 0 Å². The first kappa shape index (κ1) is 12.6. The van der Waals surface area contributed by atoms with E-state index >= 15 is 0 Å². The van der Waals surface area contributed by atoms with Crippen molar-refractivity contribution in [3.8, 4) is 0 Å². The normalized spacial score (nSPS) is 19.5. The third-order valence-corrected chi connectivity index (χ3v) is 3.77. The van der Waals surface area contributed by atoms with E-state index in [0.717, 1.165) is 6.54 Å². The zero-order chi connectivity index (χ0) is 12.1. The van der Waals surface area contributed by atoms with E-state index in [-0.39, 0.29) is 6.17 Å². The Labute approximate surface area is 105 Å². The predicted octanol–water partition coefficient (Wildman–Crippen LogP) is 3.13. The fraction of sp³-hybridized carbons (Fsp3) is 0.600. The van der Waals surface area contributed by atoms with E-state index in [0.29, 0.717) is 6.04 Å². The Kier molecular flexibility index (Phi) is 4.57. The summed E-state index contributed by atoms with van der Waals surface area (Å²) in [5, 5.41) is 0. The minimum Gasteiger partial charge on any atom is -0.316 e. The standard InChI is InChI=1S/C15H24N2/c1-13(16)17(15-10-6-3-7-11-15)12-14-8-4-2-5-9-14/h2,4-5,8-9,13,15H,3,6-7,10-12,16H2,1H3. The number of rotatable bonds is 4. The fourth-order valence-electron chi connectivity index (χ4n) is 2.81. The van der Waals surface area contributed by atoms with Gasteiger partial charge in [0.25, 0.3) is 0 Å². The molecule has 1 atom stereocenters. The van der Waals surface area contributed by atoms with Crippen LogP contribution < -0.4 is 5.73 Å². The van der Waals surface area contributed by atoms with Gasteiger partial charge in [0.05, 0.1) is 6.17 Å². The maximum absolute atomic E-state index is 6.14. The highest BCUT2D eigenvalue weighted by Crippen LogP contribution is 2.24. The highest BCUT2D eigenvalue weighted by molar-refractivity contribution is 5.14. The Bertz CT molecular complexity index is 315. The molecule has 1 aliphatic carbocycles. The third-order valence-electron chi connectivity index (χ3n) is 3.77. The highest BCUT2D eigenvalue weighted by atomic mass is 15.2. The van der Waals surface area contributed by atoms with Gasteiger partial charge < -0.3 is 5.73 Å². The Hall–Kier alpha value is -0.860. The summed E-state index contributed by atoms with van der Waals surface area (Å²) in [6, 6.07) is 11.4. The molecule has 0 amide bonds. The van der Waals surface area contributed by atoms with Gasteiger partial charge in [0.1, 0.15) is 0 Å². The molecule has 1 unspecified atom stereocenters. The van der Waals surface area contributed by atoms with Crippen LogP contribution in [-0.2, 0) is 6.54 Å². The molecular formula is C15H24N2. The summed E-state index contributed by atoms with van der Waals surface area (Å²) in [6.45, 7) is 3.10. The van der Waals surface area contributed by atoms with Gasteiger partial charge in [0.15, 0.2) is 0 Å². The molecule has 2 N–H and O–H groups in total. The number of benzene rings is 1. The van der Waals surface area contributed by atoms with Crippen molar-refractivity contribution in [2.45, 2.75) is 57.8 Å². The second kappa shape index (κ2) is 6.18. The van der Waals surface area contributed by atoms with Gasteiger partial charge in [-0.3, -0.25) is 4.90 Å². The van der Waals surface area contributed by atoms with Gasteiger partial charge in [-0.15, -0.1) is 0 Å². The van der Waals surface area contributed by atoms with E-state index in [1.807, 2.05) is 0 Å². The molecule has 0 spiro atoms. The molecule has 0 bridgehead atoms. The monoisotopic (exact) mass is 232 g/mol. The highest BCUT2D eigenvalue weighted by Gasteiger charge is 2.23. The first-order chi connectivity index (χ1) is 8.27. The third kappa shape index (κ3) is 3.55. The van der Waals surface area contributed by atoms with Gasteiger partial charge in [-0.2, -0.15) is 0 Å². The summed E-state index contributed by atoms with van der Waals surface area (Å²) in [7, 11) is 0. The van der Waals surface area contributed by atoms with Gasteiger partial charge in [-0.05, 0) is 25.3 Å². The average Bonchev–Trinajstić information content (AvgIpc) is 2.38. The first-order valence-electron chi connectivity index (χ1n) is 6.82. The van der Waals surface area contributed by atoms with Crippen LogP contribution in [0.25, 0.3) is 0 Å². The van der Waals surface area contributed by atoms with Crippen molar-refractivity contribution in [3.05, 3.63) is 35.9 Å². The number of hydrogen-bond acceptors (Lipinski definition) is 2. The Morgan fingerprint density at radius 1 is 1.18 bits per heavy atom. The number of nitrogens with two attached hydrogens (primary N) is 1. The van der Waals surface area contributed by atoms with E-state index in [2.05, 4.69) is 42.2 Å². The lowest BCUT2D eigenvalue weighted by Crippen LogP contribution is -2.46. The van der Waals surface area contributed by atoms with E-state index in [9.17, 15) is 0 Å². The van der Waals surface area contributed by atoms with Crippen molar-refractivity contribution in [2.24, 2.45) is 5.73 Å². The molecule has 1 fully saturated rings. The summed E-state index contributed by atoms with van der Waals surface area (Å²) < 4.78 is 0. The lowest BCUT2D eigenvalue weighted by Gasteiger charge is -2.37. The van der Waals surface area contributed by atoms with E-state index in [1.165, 1.54) is 37.7 Å². The van der Waals surface area contributed by atoms with E-state index in [4.69, 9.17) is 5.73 Å². The van der Waals surface area contributed by atoms with Crippen molar-refractivity contribution < 1.29 is 0 Å². The largest absolute Gasteiger partial charge is 0.316 e. The van der Waals surface area contributed by atoms with Crippen molar-refractivity contribution in [1.29, 1.82) is 0 Å². The van der Waals surface area contributed by atoms with E-state index < -0.39 is 0 Å². The second-order valence-corrected chi connectivity index (χ2v) is 5.19. The molecule has 94 valence electrons. The average molecular weight is 232 g/mol. The molecule has 1 aliphatic rings. The van der Waals surface area contributed by atoms with Gasteiger partial charge in [0, 0.05) is 12.6 Å². The van der Waals surface area contributed by atoms with Crippen LogP contribution in [0.15, 0.2) is 30.3 Å². The smallest absolute Gasteiger partial charge is 0.0548 e. The molecule has 1 aromatic carbocycles. The zero-order valence-corrected chi connectivity index (χ0v) is 10.8. The zero-order valence-electron chi connectivity index (χ0n) is 10.8. The van der Waals surface area contributed by atoms with Crippen LogP contribution in [-0.4, -0.2) is 17.1 Å². The van der Waals surface area contributed by atoms with Crippen LogP contribution >= 0.6 is 0 Å². The van der Waals surface area contributed by atoms with Crippen LogP contribution in [0.3, 0.4) is 0 Å². The summed E-state index contributed by atoms with van der Waals surface area (Å²) in [4.78, 5) is 2.47. The van der Waals surface area contributed by atoms with Crippen LogP contribution in [0.1, 0.15) is 44.6 Å². The van der Waals surface area contributed by atoms with Gasteiger partial charge >= 0.3 is 0 Å². The number of hydrogen-bond donors (Lipinski definition) is 1. The molecule has 0 aliphatic heterocycles. The molecule has 2 heteroatoms. The van der Waals surface area contributed by atoms with Crippen molar-refractivity contribution in [2.75, 3.05) is 0 Å². The van der Waals surface area contributed by atoms with Gasteiger partial charge in [-0.25, -0.2) is 0 Å². The van der Waals surface area contributed by atoms with Crippen LogP contribution in [0.2, 0.25) is 0 Å². The van der Waals surface area contributed by atoms with E-state index in [1.54, 1.807) is 0 Å². The SMILES string of the molecule is CC(N)N(Cc1ccccc1)C1CCCCC1. The lowest BCUT2D eigenvalue weighted by molar-refractivity contribution is 0.106. The molecule has 1 aromatic rings. The Morgan fingerprint density at radius 2 is 1.82 bits per heavy atom. The van der Waals surface area contributed by atoms with Crippen molar-refractivity contribution in [3.63, 3.8) is 0 Å². The first-order valence-corrected chi connectivity index (χ1v) is 6.82. The minimum atomic E-state index is 0.151. The number of nitrogens with zero attached hydrogens (tertiary/aromatic N) is 1. The summed E-state index contributed by atoms with van der Waals surface area (Å²) in [6.07, 6.45) is 6.90. The summed E-state index contributed by atoms with van der Waals surface area (Å²) in [5.41, 5.74) is 7.51. The Balaban J connectivity index is 2.01. The molecule has 0 aromatic heterocycles. The van der Waals surface area contributed by atoms with Gasteiger partial charge in [-0.1, -0.05) is 49.6 Å². The molecule has 0 saturated heterocycles. The van der Waals surface area contributed by atoms with Crippen LogP contribution in [0.5, 0.6) is 0 Å².